The third-order valence-corrected chi connectivity index (χ3v) is 4.22. The van der Waals surface area contributed by atoms with Crippen LogP contribution < -0.4 is 20.5 Å². The van der Waals surface area contributed by atoms with Crippen LogP contribution in [0.4, 0.5) is 14.6 Å². The van der Waals surface area contributed by atoms with E-state index in [1.54, 1.807) is 6.07 Å². The molecule has 1 fully saturated rings. The highest BCUT2D eigenvalue weighted by Gasteiger charge is 2.50. The highest BCUT2D eigenvalue weighted by atomic mass is 19.3. The number of anilines is 1. The number of halogens is 2. The lowest BCUT2D eigenvalue weighted by atomic mass is 10.2. The topological polar surface area (TPSA) is 91.7 Å². The summed E-state index contributed by atoms with van der Waals surface area (Å²) < 4.78 is 44.1. The molecular weight excluding hydrogens is 376 g/mol. The summed E-state index contributed by atoms with van der Waals surface area (Å²) in [6, 6.07) is 5.80. The van der Waals surface area contributed by atoms with Gasteiger partial charge in [0.2, 0.25) is 6.23 Å². The van der Waals surface area contributed by atoms with Gasteiger partial charge in [0.1, 0.15) is 17.3 Å². The summed E-state index contributed by atoms with van der Waals surface area (Å²) in [5, 5.41) is 2.45. The van der Waals surface area contributed by atoms with Crippen molar-refractivity contribution < 1.29 is 27.8 Å². The molecule has 1 aromatic heterocycles. The van der Waals surface area contributed by atoms with Crippen molar-refractivity contribution in [3.63, 3.8) is 0 Å². The fourth-order valence-electron chi connectivity index (χ4n) is 2.91. The lowest BCUT2D eigenvalue weighted by Crippen LogP contribution is -2.35. The number of benzene rings is 1. The number of hydrogen-bond acceptors (Lipinski definition) is 6. The molecule has 3 rings (SSSR count). The van der Waals surface area contributed by atoms with Gasteiger partial charge in [-0.1, -0.05) is 0 Å². The van der Waals surface area contributed by atoms with Gasteiger partial charge in [0, 0.05) is 24.2 Å². The van der Waals surface area contributed by atoms with Crippen molar-refractivity contribution in [1.29, 1.82) is 0 Å². The molecule has 1 aliphatic heterocycles. The van der Waals surface area contributed by atoms with Crippen molar-refractivity contribution in [2.45, 2.75) is 31.6 Å². The van der Waals surface area contributed by atoms with Crippen molar-refractivity contribution in [3.8, 4) is 11.5 Å². The Hall–Kier alpha value is -3.01. The molecule has 1 amide bonds. The summed E-state index contributed by atoms with van der Waals surface area (Å²) in [5.74, 6) is -3.03. The molecule has 8 nitrogen and oxygen atoms in total. The molecule has 1 aliphatic rings. The van der Waals surface area contributed by atoms with Gasteiger partial charge >= 0.3 is 5.69 Å². The summed E-state index contributed by atoms with van der Waals surface area (Å²) >= 11 is 0. The molecule has 28 heavy (non-hydrogen) atoms. The number of aromatic nitrogens is 2. The predicted molar refractivity (Wildman–Crippen MR) is 95.1 cm³/mol. The number of amides is 1. The Bertz CT molecular complexity index is 925. The van der Waals surface area contributed by atoms with Gasteiger partial charge in [-0.05, 0) is 25.1 Å². The SMILES string of the molecule is COc1cc(OC)cc(C(=O)Nc2ccn(C3OC(C)CC3(F)F)c(=O)n2)c1. The van der Waals surface area contributed by atoms with E-state index in [1.807, 2.05) is 0 Å². The summed E-state index contributed by atoms with van der Waals surface area (Å²) in [7, 11) is 2.89. The zero-order valence-corrected chi connectivity index (χ0v) is 15.4. The maximum Gasteiger partial charge on any atom is 0.351 e. The Kier molecular flexibility index (Phi) is 5.32. The highest BCUT2D eigenvalue weighted by molar-refractivity contribution is 6.04. The Balaban J connectivity index is 1.82. The van der Waals surface area contributed by atoms with E-state index < -0.39 is 36.3 Å². The number of carbonyl (C=O) groups excluding carboxylic acids is 1. The zero-order chi connectivity index (χ0) is 20.5. The summed E-state index contributed by atoms with van der Waals surface area (Å²) in [5.41, 5.74) is -0.749. The number of rotatable bonds is 5. The zero-order valence-electron chi connectivity index (χ0n) is 15.4. The number of nitrogens with one attached hydrogen (secondary N) is 1. The van der Waals surface area contributed by atoms with Crippen LogP contribution in [-0.4, -0.2) is 41.7 Å². The molecule has 1 aromatic carbocycles. The van der Waals surface area contributed by atoms with Crippen LogP contribution in [0.3, 0.4) is 0 Å². The Morgan fingerprint density at radius 2 is 1.93 bits per heavy atom. The molecule has 0 bridgehead atoms. The van der Waals surface area contributed by atoms with E-state index in [4.69, 9.17) is 14.2 Å². The van der Waals surface area contributed by atoms with Gasteiger partial charge in [0.05, 0.1) is 20.3 Å². The largest absolute Gasteiger partial charge is 0.497 e. The lowest BCUT2D eigenvalue weighted by Gasteiger charge is -2.19. The average Bonchev–Trinajstić information content (AvgIpc) is 2.93. The Labute approximate surface area is 159 Å². The second-order valence-electron chi connectivity index (χ2n) is 6.32. The molecule has 0 spiro atoms. The lowest BCUT2D eigenvalue weighted by molar-refractivity contribution is -0.115. The van der Waals surface area contributed by atoms with Gasteiger partial charge in [-0.25, -0.2) is 13.6 Å². The average molecular weight is 395 g/mol. The molecular formula is C18H19F2N3O5. The van der Waals surface area contributed by atoms with Crippen molar-refractivity contribution in [2.24, 2.45) is 0 Å². The van der Waals surface area contributed by atoms with E-state index in [0.717, 1.165) is 6.20 Å². The second-order valence-corrected chi connectivity index (χ2v) is 6.32. The molecule has 1 N–H and O–H groups in total. The number of hydrogen-bond donors (Lipinski definition) is 1. The quantitative estimate of drug-likeness (QED) is 0.836. The first-order chi connectivity index (χ1) is 13.2. The van der Waals surface area contributed by atoms with Crippen molar-refractivity contribution in [3.05, 3.63) is 46.5 Å². The van der Waals surface area contributed by atoms with Crippen LogP contribution in [0.2, 0.25) is 0 Å². The van der Waals surface area contributed by atoms with E-state index in [-0.39, 0.29) is 11.4 Å². The van der Waals surface area contributed by atoms with Gasteiger partial charge in [-0.3, -0.25) is 9.36 Å². The monoisotopic (exact) mass is 395 g/mol. The summed E-state index contributed by atoms with van der Waals surface area (Å²) in [4.78, 5) is 28.3. The molecule has 2 unspecified atom stereocenters. The second kappa shape index (κ2) is 7.55. The molecule has 1 saturated heterocycles. The van der Waals surface area contributed by atoms with Crippen molar-refractivity contribution >= 4 is 11.7 Å². The van der Waals surface area contributed by atoms with E-state index in [1.165, 1.54) is 39.3 Å². The van der Waals surface area contributed by atoms with Gasteiger partial charge < -0.3 is 19.5 Å². The third-order valence-electron chi connectivity index (χ3n) is 4.22. The minimum Gasteiger partial charge on any atom is -0.497 e. The van der Waals surface area contributed by atoms with Crippen LogP contribution in [0.15, 0.2) is 35.3 Å². The smallest absolute Gasteiger partial charge is 0.351 e. The normalized spacial score (nSPS) is 20.6. The van der Waals surface area contributed by atoms with Crippen LogP contribution in [0.25, 0.3) is 0 Å². The van der Waals surface area contributed by atoms with E-state index in [0.29, 0.717) is 16.1 Å². The fraction of sp³-hybridized carbons (Fsp3) is 0.389. The van der Waals surface area contributed by atoms with E-state index in [9.17, 15) is 18.4 Å². The minimum atomic E-state index is -3.19. The van der Waals surface area contributed by atoms with Crippen molar-refractivity contribution in [1.82, 2.24) is 9.55 Å². The van der Waals surface area contributed by atoms with Gasteiger partial charge in [0.15, 0.2) is 0 Å². The minimum absolute atomic E-state index is 0.0811. The molecule has 10 heteroatoms. The molecule has 0 radical (unpaired) electrons. The number of methoxy groups -OCH3 is 2. The predicted octanol–water partition coefficient (Wildman–Crippen LogP) is 2.46. The van der Waals surface area contributed by atoms with Crippen molar-refractivity contribution in [2.75, 3.05) is 19.5 Å². The Morgan fingerprint density at radius 3 is 2.43 bits per heavy atom. The van der Waals surface area contributed by atoms with Crippen LogP contribution >= 0.6 is 0 Å². The maximum absolute atomic E-state index is 14.0. The first-order valence-corrected chi connectivity index (χ1v) is 8.40. The number of carbonyl (C=O) groups is 1. The van der Waals surface area contributed by atoms with Gasteiger partial charge in [-0.2, -0.15) is 4.98 Å². The molecule has 0 saturated carbocycles. The fourth-order valence-corrected chi connectivity index (χ4v) is 2.91. The molecule has 2 aromatic rings. The standard InChI is InChI=1S/C18H19F2N3O5/c1-10-9-18(19,20)16(28-10)23-5-4-14(22-17(23)25)21-15(24)11-6-12(26-2)8-13(7-11)27-3/h4-8,10,16H,9H2,1-3H3,(H,21,22,24,25). The molecule has 0 aliphatic carbocycles. The molecule has 2 atom stereocenters. The van der Waals surface area contributed by atoms with E-state index in [2.05, 4.69) is 10.3 Å². The summed E-state index contributed by atoms with van der Waals surface area (Å²) in [6.45, 7) is 1.50. The Morgan fingerprint density at radius 1 is 1.29 bits per heavy atom. The maximum atomic E-state index is 14.0. The van der Waals surface area contributed by atoms with Crippen LogP contribution in [0, 0.1) is 0 Å². The molecule has 150 valence electrons. The number of alkyl halides is 2. The first-order valence-electron chi connectivity index (χ1n) is 8.40. The number of nitrogens with zero attached hydrogens (tertiary/aromatic N) is 2. The number of ether oxygens (including phenoxy) is 3. The highest BCUT2D eigenvalue weighted by Crippen LogP contribution is 2.41. The van der Waals surface area contributed by atoms with Gasteiger partial charge in [0.25, 0.3) is 11.8 Å². The third kappa shape index (κ3) is 3.96. The van der Waals surface area contributed by atoms with Crippen LogP contribution in [-0.2, 0) is 4.74 Å². The van der Waals surface area contributed by atoms with Gasteiger partial charge in [-0.15, -0.1) is 0 Å². The van der Waals surface area contributed by atoms with Crippen LogP contribution in [0.5, 0.6) is 11.5 Å². The first kappa shape index (κ1) is 19.7. The van der Waals surface area contributed by atoms with E-state index >= 15 is 0 Å². The summed E-state index contributed by atoms with van der Waals surface area (Å²) in [6.07, 6.45) is -1.78. The van der Waals surface area contributed by atoms with Crippen LogP contribution in [0.1, 0.15) is 29.9 Å². The molecule has 2 heterocycles.